The van der Waals surface area contributed by atoms with E-state index < -0.39 is 0 Å². The second-order valence-corrected chi connectivity index (χ2v) is 9.84. The summed E-state index contributed by atoms with van der Waals surface area (Å²) in [4.78, 5) is 12.5. The Labute approximate surface area is 207 Å². The van der Waals surface area contributed by atoms with Crippen LogP contribution in [0.5, 0.6) is 5.75 Å². The molecule has 1 saturated carbocycles. The summed E-state index contributed by atoms with van der Waals surface area (Å²) in [7, 11) is 0. The van der Waals surface area contributed by atoms with Gasteiger partial charge in [0.25, 0.3) is 0 Å². The number of carbonyl (C=O) groups is 1. The molecule has 3 heteroatoms. The van der Waals surface area contributed by atoms with Gasteiger partial charge in [-0.15, -0.1) is 0 Å². The predicted octanol–water partition coefficient (Wildman–Crippen LogP) is 8.76. The molecule has 1 fully saturated rings. The zero-order valence-electron chi connectivity index (χ0n) is 21.2. The Bertz CT molecular complexity index is 799. The molecule has 0 heterocycles. The molecule has 0 saturated heterocycles. The Kier molecular flexibility index (Phi) is 12.1. The number of hydrogen-bond donors (Lipinski definition) is 0. The van der Waals surface area contributed by atoms with Crippen LogP contribution in [0.1, 0.15) is 114 Å². The highest BCUT2D eigenvalue weighted by molar-refractivity contribution is 5.69. The zero-order chi connectivity index (χ0) is 23.8. The molecule has 0 N–H and O–H groups in total. The first-order valence-corrected chi connectivity index (χ1v) is 13.7. The van der Waals surface area contributed by atoms with E-state index >= 15 is 0 Å². The van der Waals surface area contributed by atoms with Gasteiger partial charge in [0.1, 0.15) is 18.5 Å². The molecule has 0 bridgehead atoms. The highest BCUT2D eigenvalue weighted by atomic mass is 16.5. The van der Waals surface area contributed by atoms with Gasteiger partial charge in [0, 0.05) is 12.3 Å². The third kappa shape index (κ3) is 9.52. The molecule has 1 aliphatic rings. The Hall–Kier alpha value is -2.29. The van der Waals surface area contributed by atoms with Crippen molar-refractivity contribution < 1.29 is 14.3 Å². The normalized spacial score (nSPS) is 17.9. The molecule has 3 nitrogen and oxygen atoms in total. The van der Waals surface area contributed by atoms with Crippen molar-refractivity contribution in [3.63, 3.8) is 0 Å². The number of carbonyl (C=O) groups excluding carboxylic acids is 1. The molecule has 186 valence electrons. The van der Waals surface area contributed by atoms with Crippen LogP contribution in [-0.2, 0) is 16.1 Å². The Morgan fingerprint density at radius 1 is 0.794 bits per heavy atom. The smallest absolute Gasteiger partial charge is 0.306 e. The first kappa shape index (κ1) is 26.3. The molecule has 2 unspecified atom stereocenters. The maximum atomic E-state index is 12.5. The van der Waals surface area contributed by atoms with E-state index in [9.17, 15) is 4.79 Å². The fraction of sp³-hybridized carbons (Fsp3) is 0.581. The summed E-state index contributed by atoms with van der Waals surface area (Å²) < 4.78 is 11.9. The monoisotopic (exact) mass is 464 g/mol. The molecular formula is C31H44O3. The van der Waals surface area contributed by atoms with E-state index in [4.69, 9.17) is 9.47 Å². The van der Waals surface area contributed by atoms with Crippen LogP contribution in [0.15, 0.2) is 54.6 Å². The summed E-state index contributed by atoms with van der Waals surface area (Å²) >= 11 is 0. The maximum absolute atomic E-state index is 12.5. The van der Waals surface area contributed by atoms with E-state index in [-0.39, 0.29) is 12.1 Å². The average molecular weight is 465 g/mol. The molecular weight excluding hydrogens is 420 g/mol. The number of esters is 1. The first-order chi connectivity index (χ1) is 16.8. The topological polar surface area (TPSA) is 35.5 Å². The minimum Gasteiger partial charge on any atom is -0.489 e. The number of unbranched alkanes of at least 4 members (excludes halogenated alkanes) is 8. The van der Waals surface area contributed by atoms with Crippen LogP contribution in [-0.4, -0.2) is 12.1 Å². The quantitative estimate of drug-likeness (QED) is 0.195. The standard InChI is InChI=1S/C31H44O3/c1-2-3-4-5-6-7-8-9-13-20-31(32)34-30-19-15-14-18-29(30)27-21-23-28(24-22-27)33-25-26-16-11-10-12-17-26/h10-12,16-17,21-24,29-30H,2-9,13-15,18-20,25H2,1H3. The third-order valence-electron chi connectivity index (χ3n) is 7.03. The van der Waals surface area contributed by atoms with Crippen LogP contribution in [0, 0.1) is 0 Å². The van der Waals surface area contributed by atoms with Crippen LogP contribution in [0.4, 0.5) is 0 Å². The number of hydrogen-bond acceptors (Lipinski definition) is 3. The van der Waals surface area contributed by atoms with Crippen LogP contribution in [0.2, 0.25) is 0 Å². The lowest BCUT2D eigenvalue weighted by atomic mass is 9.81. The predicted molar refractivity (Wildman–Crippen MR) is 140 cm³/mol. The van der Waals surface area contributed by atoms with E-state index in [0.717, 1.165) is 43.4 Å². The van der Waals surface area contributed by atoms with Gasteiger partial charge in [-0.1, -0.05) is 107 Å². The van der Waals surface area contributed by atoms with Crippen molar-refractivity contribution in [2.45, 2.75) is 115 Å². The average Bonchev–Trinajstić information content (AvgIpc) is 2.88. The van der Waals surface area contributed by atoms with Gasteiger partial charge in [0.2, 0.25) is 0 Å². The van der Waals surface area contributed by atoms with Crippen molar-refractivity contribution in [3.05, 3.63) is 65.7 Å². The number of ether oxygens (including phenoxy) is 2. The molecule has 0 aromatic heterocycles. The van der Waals surface area contributed by atoms with Crippen molar-refractivity contribution in [3.8, 4) is 5.75 Å². The second-order valence-electron chi connectivity index (χ2n) is 9.84. The minimum absolute atomic E-state index is 0.0101. The van der Waals surface area contributed by atoms with E-state index in [1.54, 1.807) is 0 Å². The molecule has 2 aromatic carbocycles. The fourth-order valence-electron chi connectivity index (χ4n) is 4.98. The lowest BCUT2D eigenvalue weighted by Crippen LogP contribution is -2.28. The van der Waals surface area contributed by atoms with Crippen molar-refractivity contribution in [2.75, 3.05) is 0 Å². The van der Waals surface area contributed by atoms with Gasteiger partial charge in [0.15, 0.2) is 0 Å². The van der Waals surface area contributed by atoms with E-state index in [1.807, 2.05) is 30.3 Å². The van der Waals surface area contributed by atoms with Crippen molar-refractivity contribution in [2.24, 2.45) is 0 Å². The van der Waals surface area contributed by atoms with Gasteiger partial charge in [-0.05, 0) is 48.9 Å². The van der Waals surface area contributed by atoms with Gasteiger partial charge in [-0.3, -0.25) is 4.79 Å². The van der Waals surface area contributed by atoms with Crippen LogP contribution >= 0.6 is 0 Å². The van der Waals surface area contributed by atoms with Gasteiger partial charge in [-0.25, -0.2) is 0 Å². The van der Waals surface area contributed by atoms with Gasteiger partial charge >= 0.3 is 5.97 Å². The Morgan fingerprint density at radius 3 is 2.15 bits per heavy atom. The van der Waals surface area contributed by atoms with Crippen LogP contribution in [0.3, 0.4) is 0 Å². The second kappa shape index (κ2) is 15.6. The highest BCUT2D eigenvalue weighted by Crippen LogP contribution is 2.36. The summed E-state index contributed by atoms with van der Waals surface area (Å²) in [5, 5.41) is 0. The SMILES string of the molecule is CCCCCCCCCCCC(=O)OC1CCCCC1c1ccc(OCc2ccccc2)cc1. The van der Waals surface area contributed by atoms with Crippen LogP contribution < -0.4 is 4.74 Å². The lowest BCUT2D eigenvalue weighted by Gasteiger charge is -2.31. The van der Waals surface area contributed by atoms with E-state index in [2.05, 4.69) is 31.2 Å². The molecule has 0 spiro atoms. The van der Waals surface area contributed by atoms with Crippen molar-refractivity contribution in [1.29, 1.82) is 0 Å². The summed E-state index contributed by atoms with van der Waals surface area (Å²) in [5.41, 5.74) is 2.42. The first-order valence-electron chi connectivity index (χ1n) is 13.7. The molecule has 0 aliphatic heterocycles. The largest absolute Gasteiger partial charge is 0.489 e. The molecule has 1 aliphatic carbocycles. The Morgan fingerprint density at radius 2 is 1.44 bits per heavy atom. The molecule has 2 atom stereocenters. The van der Waals surface area contributed by atoms with Gasteiger partial charge in [-0.2, -0.15) is 0 Å². The molecule has 3 rings (SSSR count). The van der Waals surface area contributed by atoms with Crippen molar-refractivity contribution in [1.82, 2.24) is 0 Å². The van der Waals surface area contributed by atoms with Gasteiger partial charge < -0.3 is 9.47 Å². The maximum Gasteiger partial charge on any atom is 0.306 e. The molecule has 0 amide bonds. The van der Waals surface area contributed by atoms with Crippen molar-refractivity contribution >= 4 is 5.97 Å². The summed E-state index contributed by atoms with van der Waals surface area (Å²) in [5.74, 6) is 1.16. The summed E-state index contributed by atoms with van der Waals surface area (Å²) in [6.45, 7) is 2.83. The number of benzene rings is 2. The third-order valence-corrected chi connectivity index (χ3v) is 7.03. The molecule has 0 radical (unpaired) electrons. The summed E-state index contributed by atoms with van der Waals surface area (Å²) in [6, 6.07) is 18.6. The lowest BCUT2D eigenvalue weighted by molar-refractivity contribution is -0.151. The van der Waals surface area contributed by atoms with Crippen LogP contribution in [0.25, 0.3) is 0 Å². The minimum atomic E-state index is -0.0114. The highest BCUT2D eigenvalue weighted by Gasteiger charge is 2.29. The summed E-state index contributed by atoms with van der Waals surface area (Å²) in [6.07, 6.45) is 16.3. The molecule has 34 heavy (non-hydrogen) atoms. The molecule has 2 aromatic rings. The van der Waals surface area contributed by atoms with E-state index in [0.29, 0.717) is 18.9 Å². The zero-order valence-corrected chi connectivity index (χ0v) is 21.2. The number of rotatable bonds is 15. The van der Waals surface area contributed by atoms with E-state index in [1.165, 1.54) is 56.9 Å². The van der Waals surface area contributed by atoms with Gasteiger partial charge in [0.05, 0.1) is 0 Å². The Balaban J connectivity index is 1.38. The fourth-order valence-corrected chi connectivity index (χ4v) is 4.98.